The van der Waals surface area contributed by atoms with Crippen LogP contribution >= 0.6 is 23.2 Å². The number of ether oxygens (including phenoxy) is 2. The number of hydrogen-bond acceptors (Lipinski definition) is 4. The van der Waals surface area contributed by atoms with E-state index >= 15 is 8.78 Å². The number of amidine groups is 1. The van der Waals surface area contributed by atoms with Gasteiger partial charge in [-0.05, 0) is 41.5 Å². The molecule has 8 heteroatoms. The highest BCUT2D eigenvalue weighted by Gasteiger charge is 2.58. The van der Waals surface area contributed by atoms with E-state index in [0.717, 1.165) is 0 Å². The van der Waals surface area contributed by atoms with E-state index in [1.54, 1.807) is 36.4 Å². The fraction of sp³-hybridized carbons (Fsp3) is 0.316. The molecular formula is C19H16Cl2F2N2O2. The number of halogens is 4. The highest BCUT2D eigenvalue weighted by atomic mass is 35.5. The minimum Gasteiger partial charge on any atom is -0.493 e. The van der Waals surface area contributed by atoms with Crippen LogP contribution in [0.1, 0.15) is 12.0 Å². The van der Waals surface area contributed by atoms with Crippen LogP contribution in [-0.4, -0.2) is 31.6 Å². The SMILES string of the molecule is NC1=N[C@@]2(CCOc3ccc(-c4cc(Cl)cc(Cl)c4)cc32)C(F)(F)COC1. The lowest BCUT2D eigenvalue weighted by atomic mass is 9.78. The van der Waals surface area contributed by atoms with Crippen molar-refractivity contribution in [3.63, 3.8) is 0 Å². The molecule has 0 radical (unpaired) electrons. The van der Waals surface area contributed by atoms with Crippen molar-refractivity contribution < 1.29 is 18.3 Å². The third kappa shape index (κ3) is 3.16. The second kappa shape index (κ2) is 6.62. The summed E-state index contributed by atoms with van der Waals surface area (Å²) in [5.74, 6) is -2.84. The Hall–Kier alpha value is -1.89. The maximum absolute atomic E-state index is 15.1. The minimum atomic E-state index is -3.24. The summed E-state index contributed by atoms with van der Waals surface area (Å²) in [5, 5.41) is 0.910. The number of nitrogens with two attached hydrogens (primary N) is 1. The number of benzene rings is 2. The number of aliphatic imine (C=N–C) groups is 1. The molecule has 4 rings (SSSR count). The molecule has 0 fully saturated rings. The molecule has 2 N–H and O–H groups in total. The third-order valence-corrected chi connectivity index (χ3v) is 5.25. The van der Waals surface area contributed by atoms with Gasteiger partial charge in [0, 0.05) is 22.0 Å². The molecule has 1 atom stereocenters. The fourth-order valence-electron chi connectivity index (χ4n) is 3.58. The van der Waals surface area contributed by atoms with Crippen molar-refractivity contribution in [2.24, 2.45) is 10.7 Å². The summed E-state index contributed by atoms with van der Waals surface area (Å²) in [7, 11) is 0. The summed E-state index contributed by atoms with van der Waals surface area (Å²) in [6.07, 6.45) is -0.00316. The van der Waals surface area contributed by atoms with Crippen LogP contribution in [0.25, 0.3) is 11.1 Å². The van der Waals surface area contributed by atoms with E-state index in [4.69, 9.17) is 38.4 Å². The molecular weight excluding hydrogens is 397 g/mol. The van der Waals surface area contributed by atoms with Crippen LogP contribution in [0, 0.1) is 0 Å². The van der Waals surface area contributed by atoms with Crippen LogP contribution in [0.2, 0.25) is 10.0 Å². The molecule has 2 aromatic carbocycles. The molecule has 0 saturated heterocycles. The van der Waals surface area contributed by atoms with Gasteiger partial charge in [-0.25, -0.2) is 8.78 Å². The molecule has 1 spiro atoms. The standard InChI is InChI=1S/C19H16Cl2F2N2O2/c20-13-5-12(6-14(21)8-13)11-1-2-16-15(7-11)18(3-4-27-16)19(22,23)10-26-9-17(24)25-18/h1-2,5-8H,3-4,9-10H2,(H2,24,25)/t18-/m1/s1. The van der Waals surface area contributed by atoms with Gasteiger partial charge in [0.05, 0.1) is 6.61 Å². The second-order valence-electron chi connectivity index (χ2n) is 6.63. The van der Waals surface area contributed by atoms with Crippen LogP contribution < -0.4 is 10.5 Å². The van der Waals surface area contributed by atoms with Crippen molar-refractivity contribution in [2.75, 3.05) is 19.8 Å². The van der Waals surface area contributed by atoms with Crippen LogP contribution in [0.4, 0.5) is 8.78 Å². The third-order valence-electron chi connectivity index (χ3n) is 4.82. The van der Waals surface area contributed by atoms with Crippen molar-refractivity contribution >= 4 is 29.0 Å². The zero-order valence-corrected chi connectivity index (χ0v) is 15.7. The number of hydrogen-bond donors (Lipinski definition) is 1. The number of rotatable bonds is 1. The lowest BCUT2D eigenvalue weighted by Crippen LogP contribution is -2.49. The normalized spacial score (nSPS) is 23.9. The van der Waals surface area contributed by atoms with E-state index in [1.165, 1.54) is 0 Å². The molecule has 2 aliphatic heterocycles. The molecule has 4 nitrogen and oxygen atoms in total. The van der Waals surface area contributed by atoms with Crippen molar-refractivity contribution in [3.05, 3.63) is 52.0 Å². The van der Waals surface area contributed by atoms with Gasteiger partial charge in [0.15, 0.2) is 5.54 Å². The average molecular weight is 413 g/mol. The smallest absolute Gasteiger partial charge is 0.299 e. The molecule has 2 aromatic rings. The van der Waals surface area contributed by atoms with Crippen molar-refractivity contribution in [1.29, 1.82) is 0 Å². The minimum absolute atomic E-state index is 0.00316. The Labute approximate surface area is 164 Å². The van der Waals surface area contributed by atoms with E-state index in [0.29, 0.717) is 26.9 Å². The van der Waals surface area contributed by atoms with Crippen LogP contribution in [0.15, 0.2) is 41.4 Å². The zero-order chi connectivity index (χ0) is 19.2. The first kappa shape index (κ1) is 18.5. The van der Waals surface area contributed by atoms with E-state index in [-0.39, 0.29) is 31.0 Å². The molecule has 0 unspecified atom stereocenters. The van der Waals surface area contributed by atoms with Gasteiger partial charge < -0.3 is 15.2 Å². The molecule has 142 valence electrons. The quantitative estimate of drug-likeness (QED) is 0.740. The van der Waals surface area contributed by atoms with Crippen LogP contribution in [-0.2, 0) is 10.3 Å². The predicted octanol–water partition coefficient (Wildman–Crippen LogP) is 4.66. The summed E-state index contributed by atoms with van der Waals surface area (Å²) < 4.78 is 40.9. The first-order valence-electron chi connectivity index (χ1n) is 8.34. The molecule has 27 heavy (non-hydrogen) atoms. The van der Waals surface area contributed by atoms with Gasteiger partial charge in [0.2, 0.25) is 0 Å². The van der Waals surface area contributed by atoms with Gasteiger partial charge in [-0.2, -0.15) is 0 Å². The van der Waals surface area contributed by atoms with Crippen molar-refractivity contribution in [3.8, 4) is 16.9 Å². The van der Waals surface area contributed by atoms with Crippen LogP contribution in [0.5, 0.6) is 5.75 Å². The van der Waals surface area contributed by atoms with Gasteiger partial charge in [0.25, 0.3) is 5.92 Å². The largest absolute Gasteiger partial charge is 0.493 e. The monoisotopic (exact) mass is 412 g/mol. The predicted molar refractivity (Wildman–Crippen MR) is 101 cm³/mol. The molecule has 2 aliphatic rings. The summed E-state index contributed by atoms with van der Waals surface area (Å²) in [5.41, 5.74) is 5.66. The number of alkyl halides is 2. The Bertz CT molecular complexity index is 916. The van der Waals surface area contributed by atoms with E-state index in [9.17, 15) is 0 Å². The van der Waals surface area contributed by atoms with Gasteiger partial charge in [-0.3, -0.25) is 4.99 Å². The number of nitrogens with zero attached hydrogens (tertiary/aromatic N) is 1. The Morgan fingerprint density at radius 1 is 1.04 bits per heavy atom. The summed E-state index contributed by atoms with van der Waals surface area (Å²) >= 11 is 12.2. The molecule has 0 aliphatic carbocycles. The average Bonchev–Trinajstić information content (AvgIpc) is 2.70. The van der Waals surface area contributed by atoms with Gasteiger partial charge in [0.1, 0.15) is 24.8 Å². The summed E-state index contributed by atoms with van der Waals surface area (Å²) in [4.78, 5) is 4.22. The lowest BCUT2D eigenvalue weighted by Gasteiger charge is -2.40. The molecule has 0 saturated carbocycles. The lowest BCUT2D eigenvalue weighted by molar-refractivity contribution is -0.129. The topological polar surface area (TPSA) is 56.8 Å². The van der Waals surface area contributed by atoms with E-state index < -0.39 is 18.1 Å². The molecule has 0 amide bonds. The number of fused-ring (bicyclic) bond motifs is 2. The Balaban J connectivity index is 1.92. The van der Waals surface area contributed by atoms with Gasteiger partial charge >= 0.3 is 0 Å². The molecule has 0 bridgehead atoms. The second-order valence-corrected chi connectivity index (χ2v) is 7.50. The van der Waals surface area contributed by atoms with Gasteiger partial charge in [-0.1, -0.05) is 29.3 Å². The first-order chi connectivity index (χ1) is 12.8. The molecule has 2 heterocycles. The Kier molecular flexibility index (Phi) is 4.53. The molecule has 0 aromatic heterocycles. The van der Waals surface area contributed by atoms with Crippen molar-refractivity contribution in [1.82, 2.24) is 0 Å². The van der Waals surface area contributed by atoms with Crippen molar-refractivity contribution in [2.45, 2.75) is 17.9 Å². The zero-order valence-electron chi connectivity index (χ0n) is 14.1. The maximum Gasteiger partial charge on any atom is 0.299 e. The van der Waals surface area contributed by atoms with Gasteiger partial charge in [-0.15, -0.1) is 0 Å². The fourth-order valence-corrected chi connectivity index (χ4v) is 4.11. The highest BCUT2D eigenvalue weighted by molar-refractivity contribution is 6.35. The summed E-state index contributed by atoms with van der Waals surface area (Å²) in [6, 6.07) is 10.1. The van der Waals surface area contributed by atoms with E-state index in [2.05, 4.69) is 4.99 Å². The highest BCUT2D eigenvalue weighted by Crippen LogP contribution is 2.51. The van der Waals surface area contributed by atoms with E-state index in [1.807, 2.05) is 0 Å². The Morgan fingerprint density at radius 2 is 1.78 bits per heavy atom. The first-order valence-corrected chi connectivity index (χ1v) is 9.10. The Morgan fingerprint density at radius 3 is 2.52 bits per heavy atom. The maximum atomic E-state index is 15.1. The summed E-state index contributed by atoms with van der Waals surface area (Å²) in [6.45, 7) is -0.775. The van der Waals surface area contributed by atoms with Crippen LogP contribution in [0.3, 0.4) is 0 Å².